The lowest BCUT2D eigenvalue weighted by molar-refractivity contribution is 0.233. The van der Waals surface area contributed by atoms with Crippen molar-refractivity contribution < 1.29 is 4.74 Å². The first-order valence-corrected chi connectivity index (χ1v) is 7.55. The summed E-state index contributed by atoms with van der Waals surface area (Å²) in [7, 11) is 0. The van der Waals surface area contributed by atoms with Crippen molar-refractivity contribution in [1.82, 2.24) is 9.97 Å². The van der Waals surface area contributed by atoms with Crippen LogP contribution in [0.1, 0.15) is 39.5 Å². The number of anilines is 1. The summed E-state index contributed by atoms with van der Waals surface area (Å²) < 4.78 is 5.57. The van der Waals surface area contributed by atoms with E-state index in [4.69, 9.17) is 10.5 Å². The molecule has 0 saturated heterocycles. The maximum Gasteiger partial charge on any atom is 0.241 e. The zero-order valence-corrected chi connectivity index (χ0v) is 11.9. The zero-order valence-electron chi connectivity index (χ0n) is 11.1. The van der Waals surface area contributed by atoms with Gasteiger partial charge in [0.25, 0.3) is 0 Å². The van der Waals surface area contributed by atoms with Gasteiger partial charge in [-0.05, 0) is 32.6 Å². The van der Waals surface area contributed by atoms with Crippen molar-refractivity contribution in [3.8, 4) is 5.88 Å². The lowest BCUT2D eigenvalue weighted by Gasteiger charge is -2.13. The molecular formula is C13H21N3OS. The van der Waals surface area contributed by atoms with Crippen LogP contribution in [0.5, 0.6) is 5.88 Å². The summed E-state index contributed by atoms with van der Waals surface area (Å²) in [5.41, 5.74) is 6.62. The summed E-state index contributed by atoms with van der Waals surface area (Å²) in [5.74, 6) is 2.43. The monoisotopic (exact) mass is 267 g/mol. The van der Waals surface area contributed by atoms with Crippen LogP contribution >= 0.6 is 11.8 Å². The van der Waals surface area contributed by atoms with E-state index in [0.717, 1.165) is 16.7 Å². The molecule has 1 aliphatic carbocycles. The molecule has 0 aromatic carbocycles. The van der Waals surface area contributed by atoms with Gasteiger partial charge in [-0.25, -0.2) is 4.98 Å². The molecule has 0 bridgehead atoms. The minimum atomic E-state index is 0.0786. The molecule has 4 nitrogen and oxygen atoms in total. The van der Waals surface area contributed by atoms with Crippen LogP contribution in [0.3, 0.4) is 0 Å². The molecule has 0 unspecified atom stereocenters. The molecule has 0 amide bonds. The molecule has 2 rings (SSSR count). The number of nitrogens with zero attached hydrogens (tertiary/aromatic N) is 2. The normalized spacial score (nSPS) is 16.4. The highest BCUT2D eigenvalue weighted by molar-refractivity contribution is 7.99. The molecule has 1 heterocycles. The SMILES string of the molecule is CC(C)Oc1ncnc(SCC2CCCC2)c1N. The average Bonchev–Trinajstić information content (AvgIpc) is 2.83. The van der Waals surface area contributed by atoms with Crippen LogP contribution in [0.2, 0.25) is 0 Å². The first kappa shape index (κ1) is 13.5. The summed E-state index contributed by atoms with van der Waals surface area (Å²) in [4.78, 5) is 8.34. The lowest BCUT2D eigenvalue weighted by atomic mass is 10.1. The second-order valence-corrected chi connectivity index (χ2v) is 6.03. The van der Waals surface area contributed by atoms with Gasteiger partial charge in [-0.1, -0.05) is 12.8 Å². The molecule has 5 heteroatoms. The van der Waals surface area contributed by atoms with Crippen LogP contribution in [-0.4, -0.2) is 21.8 Å². The molecule has 100 valence electrons. The molecule has 0 spiro atoms. The third-order valence-corrected chi connectivity index (χ3v) is 4.33. The summed E-state index contributed by atoms with van der Waals surface area (Å²) in [6.07, 6.45) is 7.03. The van der Waals surface area contributed by atoms with Crippen LogP contribution in [0.4, 0.5) is 5.69 Å². The van der Waals surface area contributed by atoms with Crippen LogP contribution < -0.4 is 10.5 Å². The Balaban J connectivity index is 1.98. The van der Waals surface area contributed by atoms with Gasteiger partial charge in [0.2, 0.25) is 5.88 Å². The van der Waals surface area contributed by atoms with Gasteiger partial charge in [-0.3, -0.25) is 0 Å². The van der Waals surface area contributed by atoms with Crippen LogP contribution in [0.15, 0.2) is 11.4 Å². The molecule has 1 aliphatic rings. The number of thioether (sulfide) groups is 1. The van der Waals surface area contributed by atoms with E-state index in [9.17, 15) is 0 Å². The molecule has 18 heavy (non-hydrogen) atoms. The number of ether oxygens (including phenoxy) is 1. The van der Waals surface area contributed by atoms with Crippen molar-refractivity contribution >= 4 is 17.4 Å². The summed E-state index contributed by atoms with van der Waals surface area (Å²) in [5, 5.41) is 0.854. The first-order valence-electron chi connectivity index (χ1n) is 6.56. The number of aromatic nitrogens is 2. The largest absolute Gasteiger partial charge is 0.473 e. The van der Waals surface area contributed by atoms with E-state index < -0.39 is 0 Å². The van der Waals surface area contributed by atoms with E-state index in [1.54, 1.807) is 11.8 Å². The van der Waals surface area contributed by atoms with Gasteiger partial charge in [0.15, 0.2) is 0 Å². The molecule has 1 saturated carbocycles. The minimum absolute atomic E-state index is 0.0786. The topological polar surface area (TPSA) is 61.0 Å². The molecule has 0 atom stereocenters. The standard InChI is InChI=1S/C13H21N3OS/c1-9(2)17-12-11(14)13(16-8-15-12)18-7-10-5-3-4-6-10/h8-10H,3-7,14H2,1-2H3. The van der Waals surface area contributed by atoms with E-state index in [1.807, 2.05) is 13.8 Å². The predicted octanol–water partition coefficient (Wildman–Crippen LogP) is 3.13. The third-order valence-electron chi connectivity index (χ3n) is 3.09. The van der Waals surface area contributed by atoms with Gasteiger partial charge in [0.05, 0.1) is 6.10 Å². The van der Waals surface area contributed by atoms with Crippen molar-refractivity contribution in [3.63, 3.8) is 0 Å². The molecule has 1 aromatic heterocycles. The summed E-state index contributed by atoms with van der Waals surface area (Å²) >= 11 is 1.73. The Labute approximate surface area is 113 Å². The Morgan fingerprint density at radius 1 is 1.39 bits per heavy atom. The second-order valence-electron chi connectivity index (χ2n) is 5.03. The van der Waals surface area contributed by atoms with E-state index in [1.165, 1.54) is 32.0 Å². The summed E-state index contributed by atoms with van der Waals surface area (Å²) in [6.45, 7) is 3.93. The van der Waals surface area contributed by atoms with Gasteiger partial charge < -0.3 is 10.5 Å². The fraction of sp³-hybridized carbons (Fsp3) is 0.692. The molecule has 2 N–H and O–H groups in total. The highest BCUT2D eigenvalue weighted by Crippen LogP contribution is 2.34. The lowest BCUT2D eigenvalue weighted by Crippen LogP contribution is -2.10. The van der Waals surface area contributed by atoms with Crippen molar-refractivity contribution in [1.29, 1.82) is 0 Å². The quantitative estimate of drug-likeness (QED) is 0.656. The molecule has 1 aromatic rings. The van der Waals surface area contributed by atoms with Gasteiger partial charge in [0, 0.05) is 5.75 Å². The van der Waals surface area contributed by atoms with Gasteiger partial charge >= 0.3 is 0 Å². The molecule has 0 radical (unpaired) electrons. The number of nitrogen functional groups attached to an aromatic ring is 1. The Bertz CT molecular complexity index is 392. The van der Waals surface area contributed by atoms with Crippen molar-refractivity contribution in [3.05, 3.63) is 6.33 Å². The van der Waals surface area contributed by atoms with E-state index in [-0.39, 0.29) is 6.10 Å². The smallest absolute Gasteiger partial charge is 0.241 e. The fourth-order valence-electron chi connectivity index (χ4n) is 2.17. The highest BCUT2D eigenvalue weighted by atomic mass is 32.2. The van der Waals surface area contributed by atoms with Crippen molar-refractivity contribution in [2.45, 2.75) is 50.7 Å². The van der Waals surface area contributed by atoms with E-state index >= 15 is 0 Å². The van der Waals surface area contributed by atoms with E-state index in [0.29, 0.717) is 11.6 Å². The van der Waals surface area contributed by atoms with Crippen LogP contribution in [0.25, 0.3) is 0 Å². The highest BCUT2D eigenvalue weighted by Gasteiger charge is 2.17. The first-order chi connectivity index (χ1) is 8.66. The number of hydrogen-bond donors (Lipinski definition) is 1. The Hall–Kier alpha value is -0.970. The number of nitrogens with two attached hydrogens (primary N) is 1. The maximum absolute atomic E-state index is 6.05. The molecular weight excluding hydrogens is 246 g/mol. The minimum Gasteiger partial charge on any atom is -0.473 e. The number of hydrogen-bond acceptors (Lipinski definition) is 5. The van der Waals surface area contributed by atoms with Crippen LogP contribution in [-0.2, 0) is 0 Å². The maximum atomic E-state index is 6.05. The predicted molar refractivity (Wildman–Crippen MR) is 74.9 cm³/mol. The van der Waals surface area contributed by atoms with Gasteiger partial charge in [0.1, 0.15) is 17.0 Å². The van der Waals surface area contributed by atoms with Gasteiger partial charge in [-0.15, -0.1) is 11.8 Å². The van der Waals surface area contributed by atoms with Crippen molar-refractivity contribution in [2.24, 2.45) is 5.92 Å². The molecule has 1 fully saturated rings. The average molecular weight is 267 g/mol. The Morgan fingerprint density at radius 2 is 2.11 bits per heavy atom. The Kier molecular flexibility index (Phi) is 4.69. The van der Waals surface area contributed by atoms with Gasteiger partial charge in [-0.2, -0.15) is 4.98 Å². The second kappa shape index (κ2) is 6.27. The Morgan fingerprint density at radius 3 is 2.78 bits per heavy atom. The zero-order chi connectivity index (χ0) is 13.0. The van der Waals surface area contributed by atoms with Crippen molar-refractivity contribution in [2.75, 3.05) is 11.5 Å². The van der Waals surface area contributed by atoms with Crippen LogP contribution in [0, 0.1) is 5.92 Å². The molecule has 0 aliphatic heterocycles. The number of rotatable bonds is 5. The fourth-order valence-corrected chi connectivity index (χ4v) is 3.26. The summed E-state index contributed by atoms with van der Waals surface area (Å²) in [6, 6.07) is 0. The van der Waals surface area contributed by atoms with E-state index in [2.05, 4.69) is 9.97 Å². The third kappa shape index (κ3) is 3.51.